The van der Waals surface area contributed by atoms with Crippen molar-refractivity contribution in [1.82, 2.24) is 4.90 Å². The van der Waals surface area contributed by atoms with Crippen LogP contribution < -0.4 is 5.73 Å². The van der Waals surface area contributed by atoms with Gasteiger partial charge in [-0.15, -0.1) is 0 Å². The van der Waals surface area contributed by atoms with Gasteiger partial charge in [-0.1, -0.05) is 13.0 Å². The summed E-state index contributed by atoms with van der Waals surface area (Å²) in [7, 11) is 0. The first-order valence-corrected chi connectivity index (χ1v) is 5.38. The molecule has 2 N–H and O–H groups in total. The maximum absolute atomic E-state index is 5.85. The molecule has 0 aromatic carbocycles. The van der Waals surface area contributed by atoms with Crippen molar-refractivity contribution in [2.45, 2.75) is 38.9 Å². The maximum atomic E-state index is 5.85. The molecule has 0 radical (unpaired) electrons. The minimum Gasteiger partial charge on any atom is -0.386 e. The first-order valence-electron chi connectivity index (χ1n) is 5.38. The summed E-state index contributed by atoms with van der Waals surface area (Å²) in [4.78, 5) is 10.7. The molecule has 4 heteroatoms. The molecule has 4 nitrogen and oxygen atoms in total. The molecule has 0 aromatic rings. The zero-order chi connectivity index (χ0) is 11.1. The van der Waals surface area contributed by atoms with Crippen LogP contribution in [0.1, 0.15) is 27.2 Å². The molecule has 0 amide bonds. The van der Waals surface area contributed by atoms with Crippen LogP contribution in [0.15, 0.2) is 22.3 Å². The van der Waals surface area contributed by atoms with Crippen molar-refractivity contribution in [2.24, 2.45) is 21.6 Å². The Morgan fingerprint density at radius 1 is 1.53 bits per heavy atom. The number of amidine groups is 1. The average Bonchev–Trinajstić information content (AvgIpc) is 2.63. The third kappa shape index (κ3) is 1.54. The molecule has 2 heterocycles. The Labute approximate surface area is 90.6 Å². The number of rotatable bonds is 2. The quantitative estimate of drug-likeness (QED) is 0.741. The summed E-state index contributed by atoms with van der Waals surface area (Å²) in [5, 5.41) is 0. The number of hydrogen-bond donors (Lipinski definition) is 1. The van der Waals surface area contributed by atoms with Crippen molar-refractivity contribution >= 4 is 12.2 Å². The Morgan fingerprint density at radius 3 is 2.93 bits per heavy atom. The van der Waals surface area contributed by atoms with Gasteiger partial charge < -0.3 is 10.6 Å². The highest BCUT2D eigenvalue weighted by Crippen LogP contribution is 2.32. The standard InChI is InChI=1S/C11H18N4/c1-4-11(2,3)15-6-5-8-9(12)13-7-14-10(8)15/h5-8,10H,4H2,1-3H3,(H2,12,13,14). The topological polar surface area (TPSA) is 54.0 Å². The molecule has 0 saturated heterocycles. The summed E-state index contributed by atoms with van der Waals surface area (Å²) in [5.41, 5.74) is 5.96. The van der Waals surface area contributed by atoms with Gasteiger partial charge in [-0.3, -0.25) is 0 Å². The van der Waals surface area contributed by atoms with Gasteiger partial charge in [0.05, 0.1) is 5.92 Å². The largest absolute Gasteiger partial charge is 0.386 e. The van der Waals surface area contributed by atoms with Gasteiger partial charge in [-0.05, 0) is 26.5 Å². The summed E-state index contributed by atoms with van der Waals surface area (Å²) < 4.78 is 0. The highest BCUT2D eigenvalue weighted by atomic mass is 15.3. The van der Waals surface area contributed by atoms with E-state index in [2.05, 4.69) is 47.9 Å². The van der Waals surface area contributed by atoms with E-state index in [1.54, 1.807) is 6.34 Å². The molecular formula is C11H18N4. The lowest BCUT2D eigenvalue weighted by Gasteiger charge is -2.40. The first kappa shape index (κ1) is 10.2. The predicted molar refractivity (Wildman–Crippen MR) is 62.7 cm³/mol. The molecule has 0 aliphatic carbocycles. The maximum Gasteiger partial charge on any atom is 0.136 e. The van der Waals surface area contributed by atoms with Gasteiger partial charge in [0.15, 0.2) is 0 Å². The Balaban J connectivity index is 2.24. The van der Waals surface area contributed by atoms with Crippen LogP contribution in [-0.2, 0) is 0 Å². The van der Waals surface area contributed by atoms with Crippen LogP contribution in [0.3, 0.4) is 0 Å². The van der Waals surface area contributed by atoms with Crippen molar-refractivity contribution in [2.75, 3.05) is 0 Å². The SMILES string of the molecule is CCC(C)(C)N1C=CC2C(N)=NC=NC21. The second-order valence-electron chi connectivity index (χ2n) is 4.67. The summed E-state index contributed by atoms with van der Waals surface area (Å²) in [6.45, 7) is 6.62. The highest BCUT2D eigenvalue weighted by molar-refractivity contribution is 5.93. The lowest BCUT2D eigenvalue weighted by molar-refractivity contribution is 0.133. The van der Waals surface area contributed by atoms with E-state index in [0.29, 0.717) is 5.84 Å². The zero-order valence-electron chi connectivity index (χ0n) is 9.51. The summed E-state index contributed by atoms with van der Waals surface area (Å²) in [6.07, 6.45) is 6.95. The molecule has 2 unspecified atom stereocenters. The molecule has 0 aromatic heterocycles. The minimum atomic E-state index is 0.109. The van der Waals surface area contributed by atoms with Crippen LogP contribution in [0.25, 0.3) is 0 Å². The summed E-state index contributed by atoms with van der Waals surface area (Å²) in [6, 6.07) is 0. The molecule has 0 fully saturated rings. The van der Waals surface area contributed by atoms with Crippen LogP contribution in [0.2, 0.25) is 0 Å². The normalized spacial score (nSPS) is 29.3. The fourth-order valence-corrected chi connectivity index (χ4v) is 1.96. The second kappa shape index (κ2) is 3.36. The number of nitrogens with zero attached hydrogens (tertiary/aromatic N) is 3. The average molecular weight is 206 g/mol. The van der Waals surface area contributed by atoms with Crippen LogP contribution in [-0.4, -0.2) is 28.8 Å². The van der Waals surface area contributed by atoms with E-state index in [4.69, 9.17) is 5.73 Å². The third-order valence-corrected chi connectivity index (χ3v) is 3.39. The van der Waals surface area contributed by atoms with E-state index in [1.807, 2.05) is 0 Å². The van der Waals surface area contributed by atoms with E-state index in [0.717, 1.165) is 6.42 Å². The van der Waals surface area contributed by atoms with E-state index >= 15 is 0 Å². The molecule has 0 spiro atoms. The Hall–Kier alpha value is -1.32. The van der Waals surface area contributed by atoms with Crippen LogP contribution in [0, 0.1) is 5.92 Å². The van der Waals surface area contributed by atoms with Crippen LogP contribution >= 0.6 is 0 Å². The molecule has 0 saturated carbocycles. The molecule has 2 aliphatic heterocycles. The second-order valence-corrected chi connectivity index (χ2v) is 4.67. The molecule has 82 valence electrons. The van der Waals surface area contributed by atoms with Crippen LogP contribution in [0.5, 0.6) is 0 Å². The van der Waals surface area contributed by atoms with E-state index in [-0.39, 0.29) is 17.6 Å². The molecular weight excluding hydrogens is 188 g/mol. The van der Waals surface area contributed by atoms with Gasteiger partial charge in [0.2, 0.25) is 0 Å². The lowest BCUT2D eigenvalue weighted by Crippen LogP contribution is -2.48. The molecule has 2 atom stereocenters. The Kier molecular flexibility index (Phi) is 2.29. The van der Waals surface area contributed by atoms with Crippen molar-refractivity contribution in [3.8, 4) is 0 Å². The Morgan fingerprint density at radius 2 is 2.27 bits per heavy atom. The first-order chi connectivity index (χ1) is 7.06. The summed E-state index contributed by atoms with van der Waals surface area (Å²) >= 11 is 0. The van der Waals surface area contributed by atoms with Crippen molar-refractivity contribution in [3.63, 3.8) is 0 Å². The van der Waals surface area contributed by atoms with Gasteiger partial charge in [0.1, 0.15) is 18.3 Å². The number of hydrogen-bond acceptors (Lipinski definition) is 4. The zero-order valence-corrected chi connectivity index (χ0v) is 9.51. The van der Waals surface area contributed by atoms with Gasteiger partial charge >= 0.3 is 0 Å². The molecule has 2 aliphatic rings. The number of nitrogens with two attached hydrogens (primary N) is 1. The number of aliphatic imine (C=N–C) groups is 2. The van der Waals surface area contributed by atoms with E-state index < -0.39 is 0 Å². The van der Waals surface area contributed by atoms with Crippen LogP contribution in [0.4, 0.5) is 0 Å². The van der Waals surface area contributed by atoms with Gasteiger partial charge in [-0.2, -0.15) is 0 Å². The molecule has 15 heavy (non-hydrogen) atoms. The van der Waals surface area contributed by atoms with Crippen molar-refractivity contribution in [1.29, 1.82) is 0 Å². The monoisotopic (exact) mass is 206 g/mol. The lowest BCUT2D eigenvalue weighted by atomic mass is 9.97. The van der Waals surface area contributed by atoms with Crippen molar-refractivity contribution in [3.05, 3.63) is 12.3 Å². The number of fused-ring (bicyclic) bond motifs is 1. The molecule has 2 rings (SSSR count). The van der Waals surface area contributed by atoms with Gasteiger partial charge in [0.25, 0.3) is 0 Å². The fraction of sp³-hybridized carbons (Fsp3) is 0.636. The summed E-state index contributed by atoms with van der Waals surface area (Å²) in [5.74, 6) is 0.821. The van der Waals surface area contributed by atoms with Crippen molar-refractivity contribution < 1.29 is 0 Å². The predicted octanol–water partition coefficient (Wildman–Crippen LogP) is 1.35. The van der Waals surface area contributed by atoms with Gasteiger partial charge in [0, 0.05) is 5.54 Å². The van der Waals surface area contributed by atoms with Gasteiger partial charge in [-0.25, -0.2) is 9.98 Å². The Bertz CT molecular complexity index is 340. The smallest absolute Gasteiger partial charge is 0.136 e. The highest BCUT2D eigenvalue weighted by Gasteiger charge is 2.39. The van der Waals surface area contributed by atoms with E-state index in [9.17, 15) is 0 Å². The third-order valence-electron chi connectivity index (χ3n) is 3.39. The molecule has 0 bridgehead atoms. The van der Waals surface area contributed by atoms with E-state index in [1.165, 1.54) is 0 Å². The fourth-order valence-electron chi connectivity index (χ4n) is 1.96. The minimum absolute atomic E-state index is 0.109.